The van der Waals surface area contributed by atoms with Gasteiger partial charge < -0.3 is 15.5 Å². The minimum atomic E-state index is -0.449. The molecule has 20 heavy (non-hydrogen) atoms. The molecule has 1 unspecified atom stereocenters. The van der Waals surface area contributed by atoms with Gasteiger partial charge in [-0.1, -0.05) is 6.92 Å². The molecule has 2 N–H and O–H groups in total. The second kappa shape index (κ2) is 6.36. The Morgan fingerprint density at radius 2 is 2.40 bits per heavy atom. The van der Waals surface area contributed by atoms with Crippen molar-refractivity contribution in [3.05, 3.63) is 24.0 Å². The van der Waals surface area contributed by atoms with Crippen LogP contribution in [0.3, 0.4) is 0 Å². The van der Waals surface area contributed by atoms with Crippen molar-refractivity contribution in [2.45, 2.75) is 26.3 Å². The molecular formula is C14H20N4O2. The number of nitrogens with zero attached hydrogens (tertiary/aromatic N) is 2. The predicted octanol–water partition coefficient (Wildman–Crippen LogP) is 0.864. The van der Waals surface area contributed by atoms with E-state index in [0.717, 1.165) is 18.7 Å². The van der Waals surface area contributed by atoms with Crippen molar-refractivity contribution in [2.75, 3.05) is 25.0 Å². The van der Waals surface area contributed by atoms with E-state index < -0.39 is 6.04 Å². The first-order valence-electron chi connectivity index (χ1n) is 6.91. The Bertz CT molecular complexity index is 504. The van der Waals surface area contributed by atoms with Gasteiger partial charge in [-0.05, 0) is 19.4 Å². The van der Waals surface area contributed by atoms with E-state index in [4.69, 9.17) is 0 Å². The smallest absolute Gasteiger partial charge is 0.258 e. The minimum absolute atomic E-state index is 0.114. The van der Waals surface area contributed by atoms with Crippen molar-refractivity contribution >= 4 is 17.5 Å². The molecule has 0 spiro atoms. The summed E-state index contributed by atoms with van der Waals surface area (Å²) < 4.78 is 0. The SMILES string of the molecule is CCCNc1ccncc1C(=O)N1CCNC(=O)C1C. The van der Waals surface area contributed by atoms with Crippen molar-refractivity contribution < 1.29 is 9.59 Å². The number of nitrogens with one attached hydrogen (secondary N) is 2. The third-order valence-corrected chi connectivity index (χ3v) is 3.38. The third-order valence-electron chi connectivity index (χ3n) is 3.38. The maximum absolute atomic E-state index is 12.6. The van der Waals surface area contributed by atoms with Crippen LogP contribution in [-0.4, -0.2) is 47.4 Å². The molecule has 1 saturated heterocycles. The van der Waals surface area contributed by atoms with E-state index in [1.165, 1.54) is 0 Å². The van der Waals surface area contributed by atoms with Crippen LogP contribution in [0.4, 0.5) is 5.69 Å². The second-order valence-corrected chi connectivity index (χ2v) is 4.81. The quantitative estimate of drug-likeness (QED) is 0.855. The second-order valence-electron chi connectivity index (χ2n) is 4.81. The molecular weight excluding hydrogens is 256 g/mol. The van der Waals surface area contributed by atoms with Gasteiger partial charge in [0.05, 0.1) is 11.3 Å². The van der Waals surface area contributed by atoms with Gasteiger partial charge in [0, 0.05) is 32.0 Å². The molecule has 1 aliphatic heterocycles. The molecule has 0 bridgehead atoms. The highest BCUT2D eigenvalue weighted by Crippen LogP contribution is 2.18. The third kappa shape index (κ3) is 2.89. The number of piperazine rings is 1. The zero-order valence-electron chi connectivity index (χ0n) is 11.8. The van der Waals surface area contributed by atoms with E-state index in [0.29, 0.717) is 18.7 Å². The molecule has 0 aliphatic carbocycles. The number of aromatic nitrogens is 1. The first kappa shape index (κ1) is 14.3. The van der Waals surface area contributed by atoms with E-state index in [9.17, 15) is 9.59 Å². The lowest BCUT2D eigenvalue weighted by Crippen LogP contribution is -2.55. The lowest BCUT2D eigenvalue weighted by Gasteiger charge is -2.33. The van der Waals surface area contributed by atoms with Gasteiger partial charge in [-0.2, -0.15) is 0 Å². The van der Waals surface area contributed by atoms with E-state index >= 15 is 0 Å². The number of carbonyl (C=O) groups excluding carboxylic acids is 2. The van der Waals surface area contributed by atoms with Crippen LogP contribution in [0.15, 0.2) is 18.5 Å². The summed E-state index contributed by atoms with van der Waals surface area (Å²) >= 11 is 0. The Hall–Kier alpha value is -2.11. The van der Waals surface area contributed by atoms with E-state index in [-0.39, 0.29) is 11.8 Å². The summed E-state index contributed by atoms with van der Waals surface area (Å²) in [6.07, 6.45) is 4.18. The maximum atomic E-state index is 12.6. The number of rotatable bonds is 4. The number of anilines is 1. The summed E-state index contributed by atoms with van der Waals surface area (Å²) in [5, 5.41) is 5.97. The summed E-state index contributed by atoms with van der Waals surface area (Å²) in [5.74, 6) is -0.268. The van der Waals surface area contributed by atoms with Crippen molar-refractivity contribution in [3.8, 4) is 0 Å². The largest absolute Gasteiger partial charge is 0.384 e. The summed E-state index contributed by atoms with van der Waals surface area (Å²) in [6.45, 7) is 5.61. The highest BCUT2D eigenvalue weighted by atomic mass is 16.2. The van der Waals surface area contributed by atoms with Crippen LogP contribution < -0.4 is 10.6 Å². The van der Waals surface area contributed by atoms with E-state index in [1.807, 2.05) is 0 Å². The molecule has 2 amide bonds. The standard InChI is InChI=1S/C14H20N4O2/c1-3-5-16-12-4-6-15-9-11(12)14(20)18-8-7-17-13(19)10(18)2/h4,6,9-10H,3,5,7-8H2,1-2H3,(H,15,16)(H,17,19). The molecule has 6 nitrogen and oxygen atoms in total. The monoisotopic (exact) mass is 276 g/mol. The lowest BCUT2D eigenvalue weighted by molar-refractivity contribution is -0.127. The van der Waals surface area contributed by atoms with Gasteiger partial charge in [0.1, 0.15) is 6.04 Å². The topological polar surface area (TPSA) is 74.3 Å². The Labute approximate surface area is 118 Å². The summed E-state index contributed by atoms with van der Waals surface area (Å²) in [5.41, 5.74) is 1.28. The zero-order chi connectivity index (χ0) is 14.5. The molecule has 1 aromatic rings. The molecule has 6 heteroatoms. The number of pyridine rings is 1. The van der Waals surface area contributed by atoms with Crippen LogP contribution in [0.1, 0.15) is 30.6 Å². The molecule has 2 rings (SSSR count). The van der Waals surface area contributed by atoms with E-state index in [2.05, 4.69) is 22.5 Å². The Morgan fingerprint density at radius 1 is 1.60 bits per heavy atom. The van der Waals surface area contributed by atoms with Crippen LogP contribution in [0.5, 0.6) is 0 Å². The molecule has 1 atom stereocenters. The van der Waals surface area contributed by atoms with E-state index in [1.54, 1.807) is 30.3 Å². The molecule has 0 radical (unpaired) electrons. The molecule has 108 valence electrons. The fourth-order valence-electron chi connectivity index (χ4n) is 2.19. The lowest BCUT2D eigenvalue weighted by atomic mass is 10.1. The van der Waals surface area contributed by atoms with Gasteiger partial charge in [-0.15, -0.1) is 0 Å². The first-order chi connectivity index (χ1) is 9.65. The molecule has 1 fully saturated rings. The Balaban J connectivity index is 2.22. The van der Waals surface area contributed by atoms with Crippen molar-refractivity contribution in [1.29, 1.82) is 0 Å². The fraction of sp³-hybridized carbons (Fsp3) is 0.500. The highest BCUT2D eigenvalue weighted by Gasteiger charge is 2.30. The predicted molar refractivity (Wildman–Crippen MR) is 76.5 cm³/mol. The fourth-order valence-corrected chi connectivity index (χ4v) is 2.19. The minimum Gasteiger partial charge on any atom is -0.384 e. The normalized spacial score (nSPS) is 18.6. The number of hydrogen-bond donors (Lipinski definition) is 2. The van der Waals surface area contributed by atoms with Gasteiger partial charge in [0.2, 0.25) is 5.91 Å². The van der Waals surface area contributed by atoms with Gasteiger partial charge in [0.15, 0.2) is 0 Å². The number of amides is 2. The molecule has 1 aliphatic rings. The average molecular weight is 276 g/mol. The van der Waals surface area contributed by atoms with Gasteiger partial charge >= 0.3 is 0 Å². The van der Waals surface area contributed by atoms with Crippen molar-refractivity contribution in [2.24, 2.45) is 0 Å². The molecule has 1 aromatic heterocycles. The zero-order valence-corrected chi connectivity index (χ0v) is 11.8. The average Bonchev–Trinajstić information content (AvgIpc) is 2.47. The first-order valence-corrected chi connectivity index (χ1v) is 6.91. The highest BCUT2D eigenvalue weighted by molar-refractivity contribution is 6.01. The number of hydrogen-bond acceptors (Lipinski definition) is 4. The summed E-state index contributed by atoms with van der Waals surface area (Å²) in [4.78, 5) is 29.9. The summed E-state index contributed by atoms with van der Waals surface area (Å²) in [7, 11) is 0. The van der Waals surface area contributed by atoms with Crippen LogP contribution >= 0.6 is 0 Å². The molecule has 0 saturated carbocycles. The molecule has 2 heterocycles. The van der Waals surface area contributed by atoms with Crippen LogP contribution in [0.2, 0.25) is 0 Å². The van der Waals surface area contributed by atoms with Crippen molar-refractivity contribution in [1.82, 2.24) is 15.2 Å². The maximum Gasteiger partial charge on any atom is 0.258 e. The van der Waals surface area contributed by atoms with Crippen LogP contribution in [-0.2, 0) is 4.79 Å². The van der Waals surface area contributed by atoms with Gasteiger partial charge in [-0.3, -0.25) is 14.6 Å². The van der Waals surface area contributed by atoms with Crippen LogP contribution in [0, 0.1) is 0 Å². The van der Waals surface area contributed by atoms with Gasteiger partial charge in [0.25, 0.3) is 5.91 Å². The summed E-state index contributed by atoms with van der Waals surface area (Å²) in [6, 6.07) is 1.34. The molecule has 0 aromatic carbocycles. The van der Waals surface area contributed by atoms with Gasteiger partial charge in [-0.25, -0.2) is 0 Å². The Morgan fingerprint density at radius 3 is 3.15 bits per heavy atom. The number of carbonyl (C=O) groups is 2. The van der Waals surface area contributed by atoms with Crippen molar-refractivity contribution in [3.63, 3.8) is 0 Å². The van der Waals surface area contributed by atoms with Crippen LogP contribution in [0.25, 0.3) is 0 Å². The Kier molecular flexibility index (Phi) is 4.55.